The van der Waals surface area contributed by atoms with Crippen molar-refractivity contribution in [3.8, 4) is 0 Å². The molecule has 2 atom stereocenters. The number of carbonyl (C=O) groups excluding carboxylic acids is 1. The zero-order chi connectivity index (χ0) is 12.1. The Bertz CT molecular complexity index is 356. The van der Waals surface area contributed by atoms with Gasteiger partial charge in [0.15, 0.2) is 0 Å². The number of hydrogen-bond acceptors (Lipinski definition) is 6. The van der Waals surface area contributed by atoms with Gasteiger partial charge >= 0.3 is 5.97 Å². The van der Waals surface area contributed by atoms with Crippen LogP contribution < -0.4 is 5.32 Å². The van der Waals surface area contributed by atoms with E-state index in [0.29, 0.717) is 12.6 Å². The highest BCUT2D eigenvalue weighted by Crippen LogP contribution is 2.27. The van der Waals surface area contributed by atoms with Crippen molar-refractivity contribution in [1.82, 2.24) is 10.2 Å². The van der Waals surface area contributed by atoms with E-state index in [2.05, 4.69) is 15.5 Å². The van der Waals surface area contributed by atoms with E-state index in [0.717, 1.165) is 30.8 Å². The van der Waals surface area contributed by atoms with Crippen molar-refractivity contribution in [2.24, 2.45) is 5.92 Å². The van der Waals surface area contributed by atoms with Crippen LogP contribution in [-0.4, -0.2) is 28.8 Å². The summed E-state index contributed by atoms with van der Waals surface area (Å²) >= 11 is 1.49. The highest BCUT2D eigenvalue weighted by Gasteiger charge is 2.28. The molecule has 0 radical (unpaired) electrons. The van der Waals surface area contributed by atoms with Gasteiger partial charge < -0.3 is 10.1 Å². The normalized spacial score (nSPS) is 24.3. The summed E-state index contributed by atoms with van der Waals surface area (Å²) in [6, 6.07) is 0.311. The Morgan fingerprint density at radius 1 is 1.65 bits per heavy atom. The maximum Gasteiger partial charge on any atom is 0.308 e. The number of esters is 1. The van der Waals surface area contributed by atoms with Crippen molar-refractivity contribution >= 4 is 22.4 Å². The Morgan fingerprint density at radius 2 is 2.53 bits per heavy atom. The molecule has 0 bridgehead atoms. The average Bonchev–Trinajstić information content (AvgIpc) is 2.82. The first-order valence-electron chi connectivity index (χ1n) is 5.99. The lowest BCUT2D eigenvalue weighted by Crippen LogP contribution is -2.32. The molecule has 1 fully saturated rings. The Morgan fingerprint density at radius 3 is 3.24 bits per heavy atom. The molecule has 94 valence electrons. The molecule has 1 N–H and O–H groups in total. The van der Waals surface area contributed by atoms with E-state index in [9.17, 15) is 4.79 Å². The number of carbonyl (C=O) groups is 1. The number of ether oxygens (including phenoxy) is 1. The second-order valence-electron chi connectivity index (χ2n) is 4.20. The third-order valence-corrected chi connectivity index (χ3v) is 3.60. The molecular weight excluding hydrogens is 238 g/mol. The molecule has 0 amide bonds. The first-order chi connectivity index (χ1) is 8.29. The lowest BCUT2D eigenvalue weighted by atomic mass is 9.86. The van der Waals surface area contributed by atoms with Gasteiger partial charge in [-0.3, -0.25) is 4.79 Å². The Labute approximate surface area is 105 Å². The molecule has 1 heterocycles. The van der Waals surface area contributed by atoms with Crippen LogP contribution in [0.1, 0.15) is 32.6 Å². The fourth-order valence-corrected chi connectivity index (χ4v) is 2.73. The molecule has 1 aromatic rings. The minimum absolute atomic E-state index is 0.0362. The molecule has 1 aliphatic carbocycles. The highest BCUT2D eigenvalue weighted by molar-refractivity contribution is 7.13. The Kier molecular flexibility index (Phi) is 4.30. The van der Waals surface area contributed by atoms with Crippen LogP contribution in [0, 0.1) is 5.92 Å². The van der Waals surface area contributed by atoms with Gasteiger partial charge in [0.05, 0.1) is 12.5 Å². The van der Waals surface area contributed by atoms with Gasteiger partial charge in [-0.15, -0.1) is 10.2 Å². The minimum Gasteiger partial charge on any atom is -0.466 e. The van der Waals surface area contributed by atoms with Crippen LogP contribution in [0.25, 0.3) is 0 Å². The number of rotatable bonds is 4. The summed E-state index contributed by atoms with van der Waals surface area (Å²) < 4.78 is 5.07. The number of anilines is 1. The van der Waals surface area contributed by atoms with Crippen LogP contribution in [0.15, 0.2) is 5.51 Å². The molecule has 17 heavy (non-hydrogen) atoms. The lowest BCUT2D eigenvalue weighted by molar-refractivity contribution is -0.149. The van der Waals surface area contributed by atoms with Crippen LogP contribution in [0.5, 0.6) is 0 Å². The molecule has 2 rings (SSSR count). The van der Waals surface area contributed by atoms with Crippen LogP contribution in [-0.2, 0) is 9.53 Å². The highest BCUT2D eigenvalue weighted by atomic mass is 32.1. The second-order valence-corrected chi connectivity index (χ2v) is 5.03. The van der Waals surface area contributed by atoms with Gasteiger partial charge in [0.2, 0.25) is 5.13 Å². The number of aromatic nitrogens is 2. The molecule has 1 saturated carbocycles. The molecule has 5 nitrogen and oxygen atoms in total. The summed E-state index contributed by atoms with van der Waals surface area (Å²) in [6.45, 7) is 2.31. The maximum absolute atomic E-state index is 11.7. The zero-order valence-corrected chi connectivity index (χ0v) is 10.7. The summed E-state index contributed by atoms with van der Waals surface area (Å²) in [5.74, 6) is -0.0228. The molecule has 1 aliphatic rings. The van der Waals surface area contributed by atoms with Crippen molar-refractivity contribution < 1.29 is 9.53 Å². The SMILES string of the molecule is CCOC(=O)C1CCCC(Nc2nncs2)C1. The Hall–Kier alpha value is -1.17. The van der Waals surface area contributed by atoms with Gasteiger partial charge in [-0.05, 0) is 26.2 Å². The van der Waals surface area contributed by atoms with Crippen LogP contribution in [0.2, 0.25) is 0 Å². The van der Waals surface area contributed by atoms with Crippen molar-refractivity contribution in [3.63, 3.8) is 0 Å². The van der Waals surface area contributed by atoms with Gasteiger partial charge in [0.1, 0.15) is 5.51 Å². The quantitative estimate of drug-likeness (QED) is 0.834. The molecule has 0 spiro atoms. The molecular formula is C11H17N3O2S. The van der Waals surface area contributed by atoms with E-state index in [1.54, 1.807) is 5.51 Å². The summed E-state index contributed by atoms with van der Waals surface area (Å²) in [7, 11) is 0. The first kappa shape index (κ1) is 12.3. The first-order valence-corrected chi connectivity index (χ1v) is 6.87. The molecule has 6 heteroatoms. The fourth-order valence-electron chi connectivity index (χ4n) is 2.21. The van der Waals surface area contributed by atoms with E-state index < -0.39 is 0 Å². The number of nitrogens with one attached hydrogen (secondary N) is 1. The van der Waals surface area contributed by atoms with Crippen molar-refractivity contribution in [1.29, 1.82) is 0 Å². The fraction of sp³-hybridized carbons (Fsp3) is 0.727. The molecule has 0 aliphatic heterocycles. The smallest absolute Gasteiger partial charge is 0.308 e. The molecule has 0 aromatic carbocycles. The third-order valence-electron chi connectivity index (χ3n) is 2.98. The van der Waals surface area contributed by atoms with Crippen molar-refractivity contribution in [2.45, 2.75) is 38.6 Å². The van der Waals surface area contributed by atoms with Crippen molar-refractivity contribution in [2.75, 3.05) is 11.9 Å². The number of nitrogens with zero attached hydrogens (tertiary/aromatic N) is 2. The van der Waals surface area contributed by atoms with E-state index >= 15 is 0 Å². The van der Waals surface area contributed by atoms with Crippen LogP contribution in [0.3, 0.4) is 0 Å². The molecule has 0 saturated heterocycles. The van der Waals surface area contributed by atoms with Crippen LogP contribution in [0.4, 0.5) is 5.13 Å². The standard InChI is InChI=1S/C11H17N3O2S/c1-2-16-10(15)8-4-3-5-9(6-8)13-11-14-12-7-17-11/h7-9H,2-6H2,1H3,(H,13,14). The summed E-state index contributed by atoms with van der Waals surface area (Å²) in [4.78, 5) is 11.7. The summed E-state index contributed by atoms with van der Waals surface area (Å²) in [6.07, 6.45) is 3.90. The van der Waals surface area contributed by atoms with Crippen LogP contribution >= 0.6 is 11.3 Å². The third kappa shape index (κ3) is 3.39. The van der Waals surface area contributed by atoms with E-state index in [1.165, 1.54) is 11.3 Å². The van der Waals surface area contributed by atoms with E-state index in [4.69, 9.17) is 4.74 Å². The predicted molar refractivity (Wildman–Crippen MR) is 65.9 cm³/mol. The van der Waals surface area contributed by atoms with Gasteiger partial charge in [-0.1, -0.05) is 17.8 Å². The molecule has 2 unspecified atom stereocenters. The summed E-state index contributed by atoms with van der Waals surface area (Å²) in [5, 5.41) is 11.9. The Balaban J connectivity index is 1.86. The van der Waals surface area contributed by atoms with Gasteiger partial charge in [0, 0.05) is 6.04 Å². The maximum atomic E-state index is 11.7. The zero-order valence-electron chi connectivity index (χ0n) is 9.89. The minimum atomic E-state index is -0.0590. The van der Waals surface area contributed by atoms with Gasteiger partial charge in [-0.25, -0.2) is 0 Å². The summed E-state index contributed by atoms with van der Waals surface area (Å²) in [5.41, 5.74) is 1.70. The molecule has 1 aromatic heterocycles. The van der Waals surface area contributed by atoms with Gasteiger partial charge in [-0.2, -0.15) is 0 Å². The largest absolute Gasteiger partial charge is 0.466 e. The van der Waals surface area contributed by atoms with Crippen molar-refractivity contribution in [3.05, 3.63) is 5.51 Å². The van der Waals surface area contributed by atoms with E-state index in [-0.39, 0.29) is 11.9 Å². The topological polar surface area (TPSA) is 64.1 Å². The predicted octanol–water partition coefficient (Wildman–Crippen LogP) is 2.07. The average molecular weight is 255 g/mol. The van der Waals surface area contributed by atoms with E-state index in [1.807, 2.05) is 6.92 Å². The van der Waals surface area contributed by atoms with Gasteiger partial charge in [0.25, 0.3) is 0 Å². The lowest BCUT2D eigenvalue weighted by Gasteiger charge is -2.28. The monoisotopic (exact) mass is 255 g/mol. The number of hydrogen-bond donors (Lipinski definition) is 1. The second kappa shape index (κ2) is 5.95.